The Morgan fingerprint density at radius 1 is 1.10 bits per heavy atom. The van der Waals surface area contributed by atoms with Crippen LogP contribution in [0.15, 0.2) is 63.8 Å². The second-order valence-corrected chi connectivity index (χ2v) is 7.36. The molecule has 4 rings (SSSR count). The van der Waals surface area contributed by atoms with Crippen LogP contribution >= 0.6 is 11.6 Å². The molecular weight excluding hydrogens is 420 g/mol. The monoisotopic (exact) mass is 438 g/mol. The normalized spacial score (nSPS) is 11.0. The van der Waals surface area contributed by atoms with E-state index in [1.807, 2.05) is 32.0 Å². The minimum Gasteiger partial charge on any atom is -0.423 e. The maximum absolute atomic E-state index is 12.9. The first kappa shape index (κ1) is 20.5. The van der Waals surface area contributed by atoms with Gasteiger partial charge in [0, 0.05) is 17.3 Å². The highest BCUT2D eigenvalue weighted by Crippen LogP contribution is 2.27. The van der Waals surface area contributed by atoms with Crippen molar-refractivity contribution >= 4 is 23.3 Å². The predicted octanol–water partition coefficient (Wildman–Crippen LogP) is 4.88. The number of hydrogen-bond acceptors (Lipinski definition) is 7. The standard InChI is InChI=1S/C21H19ClN6O3/c1-13(2)28(11-18-25-27-20(31-18)16-8-3-4-9-17(16)22)21(29)24-15-7-5-6-14(10-15)19-26-23-12-30-19/h3-10,12-13H,11H2,1-2H3,(H,24,29). The summed E-state index contributed by atoms with van der Waals surface area (Å²) in [6.45, 7) is 3.95. The Morgan fingerprint density at radius 2 is 1.94 bits per heavy atom. The van der Waals surface area contributed by atoms with Gasteiger partial charge in [0.15, 0.2) is 0 Å². The third-order valence-corrected chi connectivity index (χ3v) is 4.81. The molecule has 0 radical (unpaired) electrons. The molecule has 0 aliphatic rings. The van der Waals surface area contributed by atoms with Crippen molar-refractivity contribution < 1.29 is 13.6 Å². The third-order valence-electron chi connectivity index (χ3n) is 4.48. The van der Waals surface area contributed by atoms with Gasteiger partial charge < -0.3 is 19.1 Å². The molecule has 0 saturated carbocycles. The number of carbonyl (C=O) groups excluding carboxylic acids is 1. The highest BCUT2D eigenvalue weighted by Gasteiger charge is 2.21. The average molecular weight is 439 g/mol. The van der Waals surface area contributed by atoms with Gasteiger partial charge in [0.2, 0.25) is 24.1 Å². The lowest BCUT2D eigenvalue weighted by atomic mass is 10.2. The third kappa shape index (κ3) is 4.72. The summed E-state index contributed by atoms with van der Waals surface area (Å²) in [5, 5.41) is 19.1. The summed E-state index contributed by atoms with van der Waals surface area (Å²) in [4.78, 5) is 14.5. The van der Waals surface area contributed by atoms with Crippen LogP contribution in [0.25, 0.3) is 22.9 Å². The van der Waals surface area contributed by atoms with Crippen LogP contribution in [0.1, 0.15) is 19.7 Å². The summed E-state index contributed by atoms with van der Waals surface area (Å²) in [5.74, 6) is 0.977. The van der Waals surface area contributed by atoms with E-state index in [1.54, 1.807) is 35.2 Å². The zero-order valence-corrected chi connectivity index (χ0v) is 17.6. The smallest absolute Gasteiger partial charge is 0.322 e. The first-order chi connectivity index (χ1) is 15.0. The van der Waals surface area contributed by atoms with Gasteiger partial charge in [-0.25, -0.2) is 4.79 Å². The molecule has 9 nitrogen and oxygen atoms in total. The largest absolute Gasteiger partial charge is 0.423 e. The van der Waals surface area contributed by atoms with Crippen LogP contribution in [-0.4, -0.2) is 37.4 Å². The van der Waals surface area contributed by atoms with Gasteiger partial charge in [-0.3, -0.25) is 0 Å². The van der Waals surface area contributed by atoms with E-state index >= 15 is 0 Å². The molecule has 4 aromatic rings. The van der Waals surface area contributed by atoms with Crippen LogP contribution < -0.4 is 5.32 Å². The van der Waals surface area contributed by atoms with Crippen LogP contribution in [-0.2, 0) is 6.54 Å². The number of amides is 2. The Bertz CT molecular complexity index is 1180. The van der Waals surface area contributed by atoms with Gasteiger partial charge in [-0.2, -0.15) is 0 Å². The Labute approximate surface area is 183 Å². The van der Waals surface area contributed by atoms with Crippen molar-refractivity contribution in [1.29, 1.82) is 0 Å². The van der Waals surface area contributed by atoms with Crippen LogP contribution in [0.2, 0.25) is 5.02 Å². The summed E-state index contributed by atoms with van der Waals surface area (Å²) in [7, 11) is 0. The second kappa shape index (κ2) is 8.97. The van der Waals surface area contributed by atoms with E-state index in [9.17, 15) is 4.79 Å². The van der Waals surface area contributed by atoms with Crippen molar-refractivity contribution in [1.82, 2.24) is 25.3 Å². The quantitative estimate of drug-likeness (QED) is 0.456. The zero-order valence-electron chi connectivity index (χ0n) is 16.8. The van der Waals surface area contributed by atoms with Crippen molar-refractivity contribution in [3.63, 3.8) is 0 Å². The number of benzene rings is 2. The fourth-order valence-electron chi connectivity index (χ4n) is 2.92. The topological polar surface area (TPSA) is 110 Å². The number of rotatable bonds is 6. The Hall–Kier alpha value is -3.72. The predicted molar refractivity (Wildman–Crippen MR) is 114 cm³/mol. The van der Waals surface area contributed by atoms with E-state index in [2.05, 4.69) is 25.7 Å². The summed E-state index contributed by atoms with van der Waals surface area (Å²) < 4.78 is 11.0. The van der Waals surface area contributed by atoms with E-state index in [1.165, 1.54) is 6.39 Å². The lowest BCUT2D eigenvalue weighted by Gasteiger charge is -2.25. The molecule has 31 heavy (non-hydrogen) atoms. The maximum Gasteiger partial charge on any atom is 0.322 e. The lowest BCUT2D eigenvalue weighted by Crippen LogP contribution is -2.39. The van der Waals surface area contributed by atoms with Gasteiger partial charge in [-0.1, -0.05) is 29.8 Å². The molecule has 2 heterocycles. The number of nitrogens with zero attached hydrogens (tertiary/aromatic N) is 5. The molecule has 0 spiro atoms. The van der Waals surface area contributed by atoms with Crippen molar-refractivity contribution in [2.24, 2.45) is 0 Å². The van der Waals surface area contributed by atoms with Gasteiger partial charge >= 0.3 is 6.03 Å². The molecule has 0 bridgehead atoms. The van der Waals surface area contributed by atoms with Crippen LogP contribution in [0.3, 0.4) is 0 Å². The zero-order chi connectivity index (χ0) is 21.8. The van der Waals surface area contributed by atoms with Crippen molar-refractivity contribution in [2.75, 3.05) is 5.32 Å². The minimum absolute atomic E-state index is 0.116. The number of nitrogens with one attached hydrogen (secondary N) is 1. The van der Waals surface area contributed by atoms with Crippen LogP contribution in [0, 0.1) is 0 Å². The fraction of sp³-hybridized carbons (Fsp3) is 0.190. The lowest BCUT2D eigenvalue weighted by molar-refractivity contribution is 0.186. The van der Waals surface area contributed by atoms with Crippen molar-refractivity contribution in [3.8, 4) is 22.9 Å². The number of halogens is 1. The summed E-state index contributed by atoms with van der Waals surface area (Å²) >= 11 is 6.20. The molecule has 2 aromatic carbocycles. The number of carbonyl (C=O) groups is 1. The molecule has 0 fully saturated rings. The molecule has 2 amide bonds. The van der Waals surface area contributed by atoms with Gasteiger partial charge in [0.05, 0.1) is 10.6 Å². The van der Waals surface area contributed by atoms with E-state index in [0.717, 1.165) is 0 Å². The van der Waals surface area contributed by atoms with Gasteiger partial charge in [-0.15, -0.1) is 20.4 Å². The number of urea groups is 1. The van der Waals surface area contributed by atoms with E-state index in [0.29, 0.717) is 39.5 Å². The Kier molecular flexibility index (Phi) is 5.94. The average Bonchev–Trinajstić information content (AvgIpc) is 3.45. The molecule has 158 valence electrons. The summed E-state index contributed by atoms with van der Waals surface area (Å²) in [6, 6.07) is 13.9. The fourth-order valence-corrected chi connectivity index (χ4v) is 3.14. The molecule has 0 atom stereocenters. The molecule has 0 saturated heterocycles. The molecule has 0 aliphatic carbocycles. The van der Waals surface area contributed by atoms with Gasteiger partial charge in [0.25, 0.3) is 0 Å². The van der Waals surface area contributed by atoms with E-state index in [-0.39, 0.29) is 18.6 Å². The first-order valence-corrected chi connectivity index (χ1v) is 9.90. The van der Waals surface area contributed by atoms with Crippen LogP contribution in [0.5, 0.6) is 0 Å². The van der Waals surface area contributed by atoms with E-state index in [4.69, 9.17) is 20.4 Å². The van der Waals surface area contributed by atoms with Crippen molar-refractivity contribution in [2.45, 2.75) is 26.4 Å². The number of anilines is 1. The highest BCUT2D eigenvalue weighted by molar-refractivity contribution is 6.33. The van der Waals surface area contributed by atoms with Gasteiger partial charge in [0.1, 0.15) is 6.54 Å². The number of aromatic nitrogens is 4. The Balaban J connectivity index is 1.49. The maximum atomic E-state index is 12.9. The molecule has 0 aliphatic heterocycles. The molecular formula is C21H19ClN6O3. The summed E-state index contributed by atoms with van der Waals surface area (Å²) in [6.07, 6.45) is 1.25. The summed E-state index contributed by atoms with van der Waals surface area (Å²) in [5.41, 5.74) is 1.93. The minimum atomic E-state index is -0.310. The molecule has 10 heteroatoms. The van der Waals surface area contributed by atoms with Crippen molar-refractivity contribution in [3.05, 3.63) is 65.8 Å². The first-order valence-electron chi connectivity index (χ1n) is 9.53. The SMILES string of the molecule is CC(C)N(Cc1nnc(-c2ccccc2Cl)o1)C(=O)Nc1cccc(-c2nnco2)c1. The molecule has 0 unspecified atom stereocenters. The van der Waals surface area contributed by atoms with Crippen LogP contribution in [0.4, 0.5) is 10.5 Å². The van der Waals surface area contributed by atoms with Gasteiger partial charge in [-0.05, 0) is 44.2 Å². The van der Waals surface area contributed by atoms with E-state index < -0.39 is 0 Å². The Morgan fingerprint density at radius 3 is 2.68 bits per heavy atom. The molecule has 1 N–H and O–H groups in total. The highest BCUT2D eigenvalue weighted by atomic mass is 35.5. The second-order valence-electron chi connectivity index (χ2n) is 6.96. The molecule has 2 aromatic heterocycles. The number of hydrogen-bond donors (Lipinski definition) is 1.